The molecule has 0 aromatic heterocycles. The fourth-order valence-corrected chi connectivity index (χ4v) is 3.35. The van der Waals surface area contributed by atoms with Crippen LogP contribution in [0, 0.1) is 0 Å². The number of carboxylic acid groups (broad SMARTS) is 2. The minimum Gasteiger partial charge on any atom is -0.480 e. The quantitative estimate of drug-likeness (QED) is 0.203. The molecule has 2 amide bonds. The smallest absolute Gasteiger partial charge is 0.326 e. The number of aliphatic carboxylic acids is 2. The molecule has 0 spiro atoms. The lowest BCUT2D eigenvalue weighted by atomic mass is 10.2. The number of nitrogens with one attached hydrogen (secondary N) is 2. The van der Waals surface area contributed by atoms with Crippen molar-refractivity contribution in [3.05, 3.63) is 0 Å². The first-order valence-corrected chi connectivity index (χ1v) is 8.11. The number of hydrogen-bond acceptors (Lipinski definition) is 6. The van der Waals surface area contributed by atoms with E-state index in [0.29, 0.717) is 24.3 Å². The van der Waals surface area contributed by atoms with E-state index in [1.165, 1.54) is 21.6 Å². The first kappa shape index (κ1) is 18.6. The number of amides is 2. The summed E-state index contributed by atoms with van der Waals surface area (Å²) in [6, 6.07) is -1.83. The average molecular weight is 324 g/mol. The van der Waals surface area contributed by atoms with Gasteiger partial charge in [0.2, 0.25) is 12.8 Å². The Hall–Kier alpha value is -1.42. The summed E-state index contributed by atoms with van der Waals surface area (Å²) in [5, 5.41) is 21.9. The molecule has 0 aromatic rings. The van der Waals surface area contributed by atoms with Gasteiger partial charge in [-0.05, 0) is 12.8 Å². The summed E-state index contributed by atoms with van der Waals surface area (Å²) < 4.78 is 0. The SMILES string of the molecule is O=CN[C@@H](CCSSCC[C@H](NC=O)C(=O)O)C(=O)O. The molecule has 8 nitrogen and oxygen atoms in total. The molecule has 0 aliphatic carbocycles. The Morgan fingerprint density at radius 3 is 1.50 bits per heavy atom. The van der Waals surface area contributed by atoms with Crippen LogP contribution >= 0.6 is 21.6 Å². The number of carbonyl (C=O) groups excluding carboxylic acids is 2. The van der Waals surface area contributed by atoms with Gasteiger partial charge in [-0.2, -0.15) is 0 Å². The molecule has 0 aliphatic heterocycles. The Kier molecular flexibility index (Phi) is 10.6. The van der Waals surface area contributed by atoms with Crippen molar-refractivity contribution in [2.24, 2.45) is 0 Å². The summed E-state index contributed by atoms with van der Waals surface area (Å²) in [7, 11) is 2.77. The van der Waals surface area contributed by atoms with Crippen molar-refractivity contribution in [2.75, 3.05) is 11.5 Å². The van der Waals surface area contributed by atoms with Gasteiger partial charge in [0.1, 0.15) is 12.1 Å². The van der Waals surface area contributed by atoms with Crippen molar-refractivity contribution in [3.8, 4) is 0 Å². The number of hydrogen-bond donors (Lipinski definition) is 4. The molecule has 0 aromatic carbocycles. The van der Waals surface area contributed by atoms with Crippen LogP contribution in [0.15, 0.2) is 0 Å². The Morgan fingerprint density at radius 1 is 0.900 bits per heavy atom. The highest BCUT2D eigenvalue weighted by atomic mass is 33.1. The molecule has 4 N–H and O–H groups in total. The predicted molar refractivity (Wildman–Crippen MR) is 75.4 cm³/mol. The fraction of sp³-hybridized carbons (Fsp3) is 0.600. The van der Waals surface area contributed by atoms with Gasteiger partial charge in [0.05, 0.1) is 0 Å². The van der Waals surface area contributed by atoms with Gasteiger partial charge in [-0.1, -0.05) is 21.6 Å². The molecule has 0 rings (SSSR count). The Labute approximate surface area is 123 Å². The Bertz CT molecular complexity index is 310. The summed E-state index contributed by atoms with van der Waals surface area (Å²) in [6.07, 6.45) is 1.25. The zero-order chi connectivity index (χ0) is 15.4. The molecule has 0 bridgehead atoms. The fourth-order valence-electron chi connectivity index (χ4n) is 1.17. The molecule has 0 saturated heterocycles. The van der Waals surface area contributed by atoms with Gasteiger partial charge in [-0.25, -0.2) is 9.59 Å². The zero-order valence-electron chi connectivity index (χ0n) is 10.5. The highest BCUT2D eigenvalue weighted by Gasteiger charge is 2.17. The van der Waals surface area contributed by atoms with E-state index in [0.717, 1.165) is 0 Å². The van der Waals surface area contributed by atoms with E-state index in [1.807, 2.05) is 0 Å². The molecule has 0 unspecified atom stereocenters. The van der Waals surface area contributed by atoms with E-state index in [1.54, 1.807) is 0 Å². The maximum Gasteiger partial charge on any atom is 0.326 e. The van der Waals surface area contributed by atoms with Crippen LogP contribution in [0.2, 0.25) is 0 Å². The maximum absolute atomic E-state index is 10.7. The van der Waals surface area contributed by atoms with E-state index >= 15 is 0 Å². The lowest BCUT2D eigenvalue weighted by Gasteiger charge is -2.11. The minimum atomic E-state index is -1.09. The summed E-state index contributed by atoms with van der Waals surface area (Å²) in [4.78, 5) is 41.8. The van der Waals surface area contributed by atoms with Crippen LogP contribution in [-0.2, 0) is 19.2 Å². The van der Waals surface area contributed by atoms with Crippen LogP contribution < -0.4 is 10.6 Å². The molecule has 0 radical (unpaired) electrons. The molecule has 0 heterocycles. The van der Waals surface area contributed by atoms with Crippen LogP contribution in [0.4, 0.5) is 0 Å². The number of rotatable bonds is 13. The summed E-state index contributed by atoms with van der Waals surface area (Å²) >= 11 is 0. The third kappa shape index (κ3) is 8.64. The van der Waals surface area contributed by atoms with Crippen LogP contribution in [0.3, 0.4) is 0 Å². The van der Waals surface area contributed by atoms with Crippen LogP contribution in [-0.4, -0.2) is 58.6 Å². The Morgan fingerprint density at radius 2 is 1.25 bits per heavy atom. The van der Waals surface area contributed by atoms with E-state index < -0.39 is 24.0 Å². The maximum atomic E-state index is 10.7. The largest absolute Gasteiger partial charge is 0.480 e. The third-order valence-corrected chi connectivity index (χ3v) is 4.67. The monoisotopic (exact) mass is 324 g/mol. The van der Waals surface area contributed by atoms with Crippen LogP contribution in [0.25, 0.3) is 0 Å². The van der Waals surface area contributed by atoms with Gasteiger partial charge in [0.25, 0.3) is 0 Å². The van der Waals surface area contributed by atoms with E-state index in [4.69, 9.17) is 10.2 Å². The first-order chi connectivity index (χ1) is 9.52. The van der Waals surface area contributed by atoms with Crippen molar-refractivity contribution in [2.45, 2.75) is 24.9 Å². The lowest BCUT2D eigenvalue weighted by molar-refractivity contribution is -0.141. The van der Waals surface area contributed by atoms with Gasteiger partial charge in [0, 0.05) is 11.5 Å². The van der Waals surface area contributed by atoms with E-state index in [2.05, 4.69) is 10.6 Å². The highest BCUT2D eigenvalue weighted by molar-refractivity contribution is 8.76. The molecule has 20 heavy (non-hydrogen) atoms. The lowest BCUT2D eigenvalue weighted by Crippen LogP contribution is -2.36. The summed E-state index contributed by atoms with van der Waals surface area (Å²) in [5.74, 6) is -1.18. The molecular weight excluding hydrogens is 308 g/mol. The normalized spacial score (nSPS) is 13.0. The van der Waals surface area contributed by atoms with Crippen LogP contribution in [0.5, 0.6) is 0 Å². The Balaban J connectivity index is 3.74. The second-order valence-electron chi connectivity index (χ2n) is 3.57. The highest BCUT2D eigenvalue weighted by Crippen LogP contribution is 2.23. The van der Waals surface area contributed by atoms with Crippen molar-refractivity contribution in [3.63, 3.8) is 0 Å². The van der Waals surface area contributed by atoms with Gasteiger partial charge in [0.15, 0.2) is 0 Å². The van der Waals surface area contributed by atoms with Gasteiger partial charge >= 0.3 is 11.9 Å². The van der Waals surface area contributed by atoms with Gasteiger partial charge in [-0.3, -0.25) is 9.59 Å². The van der Waals surface area contributed by atoms with Crippen LogP contribution in [0.1, 0.15) is 12.8 Å². The molecule has 10 heteroatoms. The van der Waals surface area contributed by atoms with Crippen molar-refractivity contribution >= 4 is 46.3 Å². The molecule has 0 aliphatic rings. The molecule has 0 saturated carbocycles. The summed E-state index contributed by atoms with van der Waals surface area (Å²) in [5.41, 5.74) is 0. The van der Waals surface area contributed by atoms with Crippen molar-refractivity contribution < 1.29 is 29.4 Å². The molecule has 2 atom stereocenters. The minimum absolute atomic E-state index is 0.278. The number of carbonyl (C=O) groups is 4. The summed E-state index contributed by atoms with van der Waals surface area (Å²) in [6.45, 7) is 0. The topological polar surface area (TPSA) is 133 Å². The molecular formula is C10H16N2O6S2. The van der Waals surface area contributed by atoms with E-state index in [9.17, 15) is 19.2 Å². The van der Waals surface area contributed by atoms with Crippen molar-refractivity contribution in [1.82, 2.24) is 10.6 Å². The standard InChI is InChI=1S/C10H16N2O6S2/c13-5-11-7(9(15)16)1-3-19-20-4-2-8(10(17)18)12-6-14/h5-8H,1-4H2,(H,11,13)(H,12,14)(H,15,16)(H,17,18)/t7-,8-/m0/s1. The predicted octanol–water partition coefficient (Wildman–Crippen LogP) is -0.454. The second kappa shape index (κ2) is 11.4. The van der Waals surface area contributed by atoms with Crippen molar-refractivity contribution in [1.29, 1.82) is 0 Å². The number of carboxylic acids is 2. The average Bonchev–Trinajstić information content (AvgIpc) is 2.39. The zero-order valence-corrected chi connectivity index (χ0v) is 12.1. The third-order valence-electron chi connectivity index (χ3n) is 2.20. The second-order valence-corrected chi connectivity index (χ2v) is 6.27. The van der Waals surface area contributed by atoms with Gasteiger partial charge in [-0.15, -0.1) is 0 Å². The van der Waals surface area contributed by atoms with Gasteiger partial charge < -0.3 is 20.8 Å². The molecule has 0 fully saturated rings. The van der Waals surface area contributed by atoms with E-state index in [-0.39, 0.29) is 12.8 Å². The first-order valence-electron chi connectivity index (χ1n) is 5.62. The molecule has 114 valence electrons.